The Morgan fingerprint density at radius 1 is 1.33 bits per heavy atom. The summed E-state index contributed by atoms with van der Waals surface area (Å²) in [5, 5.41) is 7.68. The van der Waals surface area contributed by atoms with Gasteiger partial charge in [0.1, 0.15) is 0 Å². The molecule has 18 heavy (non-hydrogen) atoms. The van der Waals surface area contributed by atoms with E-state index in [1.165, 1.54) is 32.1 Å². The van der Waals surface area contributed by atoms with Gasteiger partial charge in [-0.25, -0.2) is 0 Å². The molecule has 1 atom stereocenters. The van der Waals surface area contributed by atoms with Crippen molar-refractivity contribution in [2.45, 2.75) is 70.8 Å². The molecule has 1 N–H and O–H groups in total. The Kier molecular flexibility index (Phi) is 5.17. The van der Waals surface area contributed by atoms with E-state index >= 15 is 0 Å². The lowest BCUT2D eigenvalue weighted by Gasteiger charge is -2.21. The van der Waals surface area contributed by atoms with E-state index in [0.717, 1.165) is 31.1 Å². The number of rotatable bonds is 8. The molecule has 0 radical (unpaired) electrons. The summed E-state index contributed by atoms with van der Waals surface area (Å²) in [6.45, 7) is 5.47. The zero-order valence-electron chi connectivity index (χ0n) is 11.6. The zero-order chi connectivity index (χ0) is 12.8. The zero-order valence-corrected chi connectivity index (χ0v) is 11.6. The van der Waals surface area contributed by atoms with E-state index in [2.05, 4.69) is 29.3 Å². The minimum atomic E-state index is 0.477. The van der Waals surface area contributed by atoms with E-state index in [-0.39, 0.29) is 0 Å². The van der Waals surface area contributed by atoms with Crippen LogP contribution in [0.1, 0.15) is 70.0 Å². The van der Waals surface area contributed by atoms with Gasteiger partial charge in [-0.15, -0.1) is 0 Å². The number of aromatic nitrogens is 2. The van der Waals surface area contributed by atoms with Crippen molar-refractivity contribution in [3.63, 3.8) is 0 Å². The van der Waals surface area contributed by atoms with Crippen molar-refractivity contribution in [3.8, 4) is 0 Å². The second kappa shape index (κ2) is 6.88. The predicted octanol–water partition coefficient (Wildman–Crippen LogP) is 3.05. The van der Waals surface area contributed by atoms with Gasteiger partial charge in [0.05, 0.1) is 0 Å². The lowest BCUT2D eigenvalue weighted by molar-refractivity contribution is 0.333. The Morgan fingerprint density at radius 3 is 2.78 bits per heavy atom. The lowest BCUT2D eigenvalue weighted by Crippen LogP contribution is -2.31. The third kappa shape index (κ3) is 3.55. The van der Waals surface area contributed by atoms with Gasteiger partial charge in [-0.2, -0.15) is 4.98 Å². The molecule has 4 nitrogen and oxygen atoms in total. The molecule has 0 amide bonds. The molecule has 1 unspecified atom stereocenters. The van der Waals surface area contributed by atoms with Gasteiger partial charge in [0, 0.05) is 18.4 Å². The number of hydrogen-bond acceptors (Lipinski definition) is 4. The molecule has 0 spiro atoms. The molecule has 4 heteroatoms. The van der Waals surface area contributed by atoms with Crippen LogP contribution in [0.3, 0.4) is 0 Å². The van der Waals surface area contributed by atoms with Gasteiger partial charge in [-0.1, -0.05) is 31.8 Å². The maximum Gasteiger partial charge on any atom is 0.228 e. The summed E-state index contributed by atoms with van der Waals surface area (Å²) >= 11 is 0. The van der Waals surface area contributed by atoms with Gasteiger partial charge in [0.15, 0.2) is 5.82 Å². The van der Waals surface area contributed by atoms with Crippen molar-refractivity contribution >= 4 is 0 Å². The second-order valence-electron chi connectivity index (χ2n) is 5.32. The average molecular weight is 251 g/mol. The molecule has 0 saturated heterocycles. The van der Waals surface area contributed by atoms with Crippen LogP contribution in [0, 0.1) is 0 Å². The Hall–Kier alpha value is -0.900. The fourth-order valence-electron chi connectivity index (χ4n) is 2.37. The van der Waals surface area contributed by atoms with E-state index < -0.39 is 0 Å². The topological polar surface area (TPSA) is 51.0 Å². The Bertz CT molecular complexity index is 347. The summed E-state index contributed by atoms with van der Waals surface area (Å²) in [5.41, 5.74) is 0. The number of nitrogens with zero attached hydrogens (tertiary/aromatic N) is 2. The molecule has 0 bridgehead atoms. The SMILES string of the molecule is CCCNC(CCC)Cc1nc(C2CCC2)no1. The van der Waals surface area contributed by atoms with Crippen LogP contribution in [0.15, 0.2) is 4.52 Å². The van der Waals surface area contributed by atoms with Gasteiger partial charge in [-0.05, 0) is 32.2 Å². The molecule has 1 aromatic heterocycles. The van der Waals surface area contributed by atoms with Crippen molar-refractivity contribution in [3.05, 3.63) is 11.7 Å². The van der Waals surface area contributed by atoms with Crippen LogP contribution < -0.4 is 5.32 Å². The van der Waals surface area contributed by atoms with E-state index in [4.69, 9.17) is 4.52 Å². The maximum atomic E-state index is 5.38. The fourth-order valence-corrected chi connectivity index (χ4v) is 2.37. The molecule has 102 valence electrons. The van der Waals surface area contributed by atoms with E-state index in [1.54, 1.807) is 0 Å². The first kappa shape index (κ1) is 13.5. The molecule has 0 aromatic carbocycles. The molecule has 1 aliphatic carbocycles. The molecule has 1 fully saturated rings. The number of nitrogens with one attached hydrogen (secondary N) is 1. The molecule has 1 aromatic rings. The molecule has 2 rings (SSSR count). The normalized spacial score (nSPS) is 17.7. The molecule has 1 aliphatic rings. The van der Waals surface area contributed by atoms with Crippen LogP contribution in [-0.4, -0.2) is 22.7 Å². The monoisotopic (exact) mass is 251 g/mol. The van der Waals surface area contributed by atoms with Crippen LogP contribution >= 0.6 is 0 Å². The van der Waals surface area contributed by atoms with Crippen molar-refractivity contribution in [1.29, 1.82) is 0 Å². The third-order valence-electron chi connectivity index (χ3n) is 3.70. The summed E-state index contributed by atoms with van der Waals surface area (Å²) in [4.78, 5) is 4.54. The average Bonchev–Trinajstić information content (AvgIpc) is 2.72. The van der Waals surface area contributed by atoms with Gasteiger partial charge in [0.2, 0.25) is 5.89 Å². The summed E-state index contributed by atoms with van der Waals surface area (Å²) in [6.07, 6.45) is 8.15. The van der Waals surface area contributed by atoms with Gasteiger partial charge in [0.25, 0.3) is 0 Å². The highest BCUT2D eigenvalue weighted by atomic mass is 16.5. The first-order valence-electron chi connectivity index (χ1n) is 7.39. The molecule has 1 heterocycles. The van der Waals surface area contributed by atoms with Crippen molar-refractivity contribution in [2.24, 2.45) is 0 Å². The van der Waals surface area contributed by atoms with Gasteiger partial charge in [-0.3, -0.25) is 0 Å². The van der Waals surface area contributed by atoms with E-state index in [1.807, 2.05) is 0 Å². The van der Waals surface area contributed by atoms with E-state index in [9.17, 15) is 0 Å². The Labute approximate surface area is 110 Å². The van der Waals surface area contributed by atoms with Crippen molar-refractivity contribution in [2.75, 3.05) is 6.54 Å². The lowest BCUT2D eigenvalue weighted by atomic mass is 9.85. The molecular weight excluding hydrogens is 226 g/mol. The second-order valence-corrected chi connectivity index (χ2v) is 5.32. The number of hydrogen-bond donors (Lipinski definition) is 1. The highest BCUT2D eigenvalue weighted by Gasteiger charge is 2.25. The molecule has 0 aliphatic heterocycles. The summed E-state index contributed by atoms with van der Waals surface area (Å²) in [6, 6.07) is 0.477. The summed E-state index contributed by atoms with van der Waals surface area (Å²) < 4.78 is 5.38. The minimum Gasteiger partial charge on any atom is -0.339 e. The van der Waals surface area contributed by atoms with Crippen LogP contribution in [0.4, 0.5) is 0 Å². The largest absolute Gasteiger partial charge is 0.339 e. The molecule has 1 saturated carbocycles. The Balaban J connectivity index is 1.86. The minimum absolute atomic E-state index is 0.477. The standard InChI is InChI=1S/C14H25N3O/c1-3-6-12(15-9-4-2)10-13-16-14(17-18-13)11-7-5-8-11/h11-12,15H,3-10H2,1-2H3. The quantitative estimate of drug-likeness (QED) is 0.771. The third-order valence-corrected chi connectivity index (χ3v) is 3.70. The Morgan fingerprint density at radius 2 is 2.17 bits per heavy atom. The maximum absolute atomic E-state index is 5.38. The van der Waals surface area contributed by atoms with Crippen molar-refractivity contribution in [1.82, 2.24) is 15.5 Å². The van der Waals surface area contributed by atoms with E-state index in [0.29, 0.717) is 12.0 Å². The summed E-state index contributed by atoms with van der Waals surface area (Å²) in [7, 11) is 0. The van der Waals surface area contributed by atoms with Gasteiger partial charge < -0.3 is 9.84 Å². The highest BCUT2D eigenvalue weighted by Crippen LogP contribution is 2.34. The van der Waals surface area contributed by atoms with Crippen molar-refractivity contribution < 1.29 is 4.52 Å². The smallest absolute Gasteiger partial charge is 0.228 e. The van der Waals surface area contributed by atoms with Crippen LogP contribution in [0.25, 0.3) is 0 Å². The van der Waals surface area contributed by atoms with Crippen LogP contribution in [0.5, 0.6) is 0 Å². The highest BCUT2D eigenvalue weighted by molar-refractivity contribution is 5.00. The fraction of sp³-hybridized carbons (Fsp3) is 0.857. The first-order chi connectivity index (χ1) is 8.83. The summed E-state index contributed by atoms with van der Waals surface area (Å²) in [5.74, 6) is 2.30. The first-order valence-corrected chi connectivity index (χ1v) is 7.39. The van der Waals surface area contributed by atoms with Crippen LogP contribution in [-0.2, 0) is 6.42 Å². The molecular formula is C14H25N3O. The van der Waals surface area contributed by atoms with Crippen LogP contribution in [0.2, 0.25) is 0 Å². The van der Waals surface area contributed by atoms with Gasteiger partial charge >= 0.3 is 0 Å². The predicted molar refractivity (Wildman–Crippen MR) is 71.6 cm³/mol.